The van der Waals surface area contributed by atoms with Gasteiger partial charge in [-0.05, 0) is 23.6 Å². The SMILES string of the molecule is O=S(=O)(Nc1cc2cc[nH]c2cn1)c1cccs1. The third-order valence-corrected chi connectivity index (χ3v) is 5.19. The molecule has 2 N–H and O–H groups in total. The normalized spacial score (nSPS) is 11.8. The van der Waals surface area contributed by atoms with Gasteiger partial charge in [0.15, 0.2) is 0 Å². The molecule has 3 heterocycles. The summed E-state index contributed by atoms with van der Waals surface area (Å²) in [5.74, 6) is 0.315. The highest BCUT2D eigenvalue weighted by atomic mass is 32.2. The Morgan fingerprint density at radius 1 is 1.33 bits per heavy atom. The van der Waals surface area contributed by atoms with Gasteiger partial charge in [-0.3, -0.25) is 4.72 Å². The van der Waals surface area contributed by atoms with E-state index in [1.807, 2.05) is 6.07 Å². The Labute approximate surface area is 108 Å². The van der Waals surface area contributed by atoms with Crippen molar-refractivity contribution in [2.45, 2.75) is 4.21 Å². The molecule has 7 heteroatoms. The zero-order chi connectivity index (χ0) is 12.6. The predicted octanol–water partition coefficient (Wildman–Crippen LogP) is 2.43. The van der Waals surface area contributed by atoms with Crippen LogP contribution in [0.3, 0.4) is 0 Å². The molecule has 0 fully saturated rings. The van der Waals surface area contributed by atoms with Crippen LogP contribution in [0.25, 0.3) is 10.9 Å². The summed E-state index contributed by atoms with van der Waals surface area (Å²) in [7, 11) is -3.53. The van der Waals surface area contributed by atoms with E-state index in [4.69, 9.17) is 0 Å². The number of hydrogen-bond acceptors (Lipinski definition) is 4. The fourth-order valence-electron chi connectivity index (χ4n) is 1.61. The van der Waals surface area contributed by atoms with Crippen LogP contribution in [0, 0.1) is 0 Å². The number of anilines is 1. The number of aromatic amines is 1. The summed E-state index contributed by atoms with van der Waals surface area (Å²) in [6, 6.07) is 6.81. The molecule has 0 aliphatic carbocycles. The van der Waals surface area contributed by atoms with Crippen LogP contribution in [0.4, 0.5) is 5.82 Å². The smallest absolute Gasteiger partial charge is 0.272 e. The molecule has 3 aromatic rings. The molecule has 0 aliphatic heterocycles. The van der Waals surface area contributed by atoms with E-state index in [1.165, 1.54) is 11.3 Å². The highest BCUT2D eigenvalue weighted by molar-refractivity contribution is 7.94. The van der Waals surface area contributed by atoms with E-state index < -0.39 is 10.0 Å². The Morgan fingerprint density at radius 3 is 3.00 bits per heavy atom. The zero-order valence-electron chi connectivity index (χ0n) is 9.12. The standard InChI is InChI=1S/C11H9N3O2S2/c15-18(16,11-2-1-5-17-11)14-10-6-8-3-4-12-9(8)7-13-10/h1-7,12H,(H,13,14). The summed E-state index contributed by atoms with van der Waals surface area (Å²) in [5, 5.41) is 2.63. The van der Waals surface area contributed by atoms with Crippen LogP contribution in [0.2, 0.25) is 0 Å². The fourth-order valence-corrected chi connectivity index (χ4v) is 3.60. The lowest BCUT2D eigenvalue weighted by molar-refractivity contribution is 0.603. The van der Waals surface area contributed by atoms with Crippen molar-refractivity contribution in [3.63, 3.8) is 0 Å². The molecule has 92 valence electrons. The van der Waals surface area contributed by atoms with E-state index >= 15 is 0 Å². The number of nitrogens with zero attached hydrogens (tertiary/aromatic N) is 1. The summed E-state index contributed by atoms with van der Waals surface area (Å²) >= 11 is 1.17. The van der Waals surface area contributed by atoms with Crippen LogP contribution in [0.1, 0.15) is 0 Å². The summed E-state index contributed by atoms with van der Waals surface area (Å²) in [6.07, 6.45) is 3.38. The second-order valence-electron chi connectivity index (χ2n) is 3.67. The van der Waals surface area contributed by atoms with Gasteiger partial charge in [-0.1, -0.05) is 6.07 Å². The maximum atomic E-state index is 12.0. The zero-order valence-corrected chi connectivity index (χ0v) is 10.8. The second-order valence-corrected chi connectivity index (χ2v) is 6.53. The lowest BCUT2D eigenvalue weighted by Crippen LogP contribution is -2.12. The first-order valence-corrected chi connectivity index (χ1v) is 7.51. The summed E-state index contributed by atoms with van der Waals surface area (Å²) < 4.78 is 26.7. The lowest BCUT2D eigenvalue weighted by atomic mass is 10.3. The topological polar surface area (TPSA) is 74.8 Å². The average Bonchev–Trinajstić information content (AvgIpc) is 2.99. The van der Waals surface area contributed by atoms with E-state index in [9.17, 15) is 8.42 Å². The molecule has 3 rings (SSSR count). The van der Waals surface area contributed by atoms with Gasteiger partial charge in [-0.25, -0.2) is 13.4 Å². The molecule has 0 atom stereocenters. The minimum absolute atomic E-state index is 0.276. The summed E-state index contributed by atoms with van der Waals surface area (Å²) in [5.41, 5.74) is 0.870. The molecule has 18 heavy (non-hydrogen) atoms. The number of rotatable bonds is 3. The predicted molar refractivity (Wildman–Crippen MR) is 71.2 cm³/mol. The molecule has 0 unspecified atom stereocenters. The number of fused-ring (bicyclic) bond motifs is 1. The van der Waals surface area contributed by atoms with Crippen LogP contribution >= 0.6 is 11.3 Å². The maximum absolute atomic E-state index is 12.0. The molecule has 0 radical (unpaired) electrons. The highest BCUT2D eigenvalue weighted by Gasteiger charge is 2.15. The molecule has 0 saturated carbocycles. The quantitative estimate of drug-likeness (QED) is 0.773. The van der Waals surface area contributed by atoms with Gasteiger partial charge in [0, 0.05) is 11.6 Å². The van der Waals surface area contributed by atoms with Crippen molar-refractivity contribution in [1.29, 1.82) is 0 Å². The van der Waals surface area contributed by atoms with Crippen molar-refractivity contribution < 1.29 is 8.42 Å². The minimum Gasteiger partial charge on any atom is -0.360 e. The molecule has 5 nitrogen and oxygen atoms in total. The molecule has 3 aromatic heterocycles. The molecule has 0 saturated heterocycles. The Balaban J connectivity index is 1.97. The first-order valence-electron chi connectivity index (χ1n) is 5.15. The van der Waals surface area contributed by atoms with Gasteiger partial charge in [0.05, 0.1) is 11.7 Å². The molecular formula is C11H9N3O2S2. The Hall–Kier alpha value is -1.86. The number of thiophene rings is 1. The van der Waals surface area contributed by atoms with Crippen molar-refractivity contribution in [3.05, 3.63) is 42.0 Å². The largest absolute Gasteiger partial charge is 0.360 e. The van der Waals surface area contributed by atoms with Crippen molar-refractivity contribution in [3.8, 4) is 0 Å². The maximum Gasteiger partial charge on any atom is 0.272 e. The molecule has 0 aliphatic rings. The fraction of sp³-hybridized carbons (Fsp3) is 0. The monoisotopic (exact) mass is 279 g/mol. The minimum atomic E-state index is -3.53. The molecule has 0 bridgehead atoms. The van der Waals surface area contributed by atoms with E-state index in [0.29, 0.717) is 5.82 Å². The van der Waals surface area contributed by atoms with Gasteiger partial charge in [-0.2, -0.15) is 0 Å². The van der Waals surface area contributed by atoms with Crippen molar-refractivity contribution in [2.75, 3.05) is 4.72 Å². The lowest BCUT2D eigenvalue weighted by Gasteiger charge is -2.04. The van der Waals surface area contributed by atoms with Gasteiger partial charge < -0.3 is 4.98 Å². The van der Waals surface area contributed by atoms with Crippen molar-refractivity contribution in [2.24, 2.45) is 0 Å². The number of aromatic nitrogens is 2. The highest BCUT2D eigenvalue weighted by Crippen LogP contribution is 2.21. The van der Waals surface area contributed by atoms with E-state index in [0.717, 1.165) is 10.9 Å². The van der Waals surface area contributed by atoms with Gasteiger partial charge >= 0.3 is 0 Å². The number of nitrogens with one attached hydrogen (secondary N) is 2. The van der Waals surface area contributed by atoms with E-state index in [-0.39, 0.29) is 4.21 Å². The van der Waals surface area contributed by atoms with Gasteiger partial charge in [-0.15, -0.1) is 11.3 Å². The van der Waals surface area contributed by atoms with Crippen LogP contribution in [-0.4, -0.2) is 18.4 Å². The van der Waals surface area contributed by atoms with E-state index in [2.05, 4.69) is 14.7 Å². The third kappa shape index (κ3) is 1.98. The van der Waals surface area contributed by atoms with Crippen LogP contribution in [0.15, 0.2) is 46.2 Å². The van der Waals surface area contributed by atoms with Gasteiger partial charge in [0.1, 0.15) is 10.0 Å². The number of pyridine rings is 1. The Kier molecular flexibility index (Phi) is 2.57. The summed E-state index contributed by atoms with van der Waals surface area (Å²) in [4.78, 5) is 7.06. The third-order valence-electron chi connectivity index (χ3n) is 2.44. The second kappa shape index (κ2) is 4.11. The average molecular weight is 279 g/mol. The molecule has 0 amide bonds. The summed E-state index contributed by atoms with van der Waals surface area (Å²) in [6.45, 7) is 0. The Morgan fingerprint density at radius 2 is 2.22 bits per heavy atom. The van der Waals surface area contributed by atoms with Crippen molar-refractivity contribution in [1.82, 2.24) is 9.97 Å². The van der Waals surface area contributed by atoms with Crippen LogP contribution in [0.5, 0.6) is 0 Å². The van der Waals surface area contributed by atoms with Gasteiger partial charge in [0.25, 0.3) is 10.0 Å². The number of H-pyrrole nitrogens is 1. The number of hydrogen-bond donors (Lipinski definition) is 2. The number of sulfonamides is 1. The van der Waals surface area contributed by atoms with Crippen molar-refractivity contribution >= 4 is 38.1 Å². The van der Waals surface area contributed by atoms with Crippen LogP contribution in [-0.2, 0) is 10.0 Å². The van der Waals surface area contributed by atoms with Crippen LogP contribution < -0.4 is 4.72 Å². The molecule has 0 spiro atoms. The molecule has 0 aromatic carbocycles. The first-order chi connectivity index (χ1) is 8.65. The first kappa shape index (κ1) is 11.2. The van der Waals surface area contributed by atoms with E-state index in [1.54, 1.807) is 36.0 Å². The Bertz CT molecular complexity index is 776. The molecular weight excluding hydrogens is 270 g/mol. The van der Waals surface area contributed by atoms with Gasteiger partial charge in [0.2, 0.25) is 0 Å².